The maximum atomic E-state index is 13.1. The summed E-state index contributed by atoms with van der Waals surface area (Å²) in [7, 11) is 0. The Morgan fingerprint density at radius 3 is 2.43 bits per heavy atom. The highest BCUT2D eigenvalue weighted by molar-refractivity contribution is 5.94. The Morgan fingerprint density at radius 2 is 1.75 bits per heavy atom. The lowest BCUT2D eigenvalue weighted by molar-refractivity contribution is 0.0746. The molecular formula is C20H18FN5O2. The number of rotatable bonds is 3. The number of hydrogen-bond donors (Lipinski definition) is 1. The Balaban J connectivity index is 1.44. The third-order valence-corrected chi connectivity index (χ3v) is 4.71. The SMILES string of the molecule is O=C(c1ccc(=O)[nH]c1)N1CCN(c2cc(-c3ccc(F)cc3)ncn2)CC1. The first kappa shape index (κ1) is 17.8. The number of benzene rings is 1. The Morgan fingerprint density at radius 1 is 1.00 bits per heavy atom. The molecule has 0 saturated carbocycles. The minimum atomic E-state index is -0.290. The summed E-state index contributed by atoms with van der Waals surface area (Å²) in [6.07, 6.45) is 2.93. The molecule has 142 valence electrons. The minimum Gasteiger partial charge on any atom is -0.353 e. The van der Waals surface area contributed by atoms with E-state index in [1.54, 1.807) is 17.0 Å². The summed E-state index contributed by atoms with van der Waals surface area (Å²) in [5.74, 6) is 0.373. The van der Waals surface area contributed by atoms with Crippen LogP contribution in [0.1, 0.15) is 10.4 Å². The molecule has 3 aromatic rings. The highest BCUT2D eigenvalue weighted by Gasteiger charge is 2.23. The highest BCUT2D eigenvalue weighted by Crippen LogP contribution is 2.22. The quantitative estimate of drug-likeness (QED) is 0.752. The molecule has 3 heterocycles. The number of halogens is 1. The fourth-order valence-corrected chi connectivity index (χ4v) is 3.16. The van der Waals surface area contributed by atoms with E-state index in [1.165, 1.54) is 36.8 Å². The Kier molecular flexibility index (Phi) is 4.84. The fourth-order valence-electron chi connectivity index (χ4n) is 3.16. The average molecular weight is 379 g/mol. The van der Waals surface area contributed by atoms with Gasteiger partial charge in [-0.15, -0.1) is 0 Å². The Bertz CT molecular complexity index is 1020. The maximum absolute atomic E-state index is 13.1. The third-order valence-electron chi connectivity index (χ3n) is 4.71. The minimum absolute atomic E-state index is 0.106. The van der Waals surface area contributed by atoms with Crippen LogP contribution in [-0.4, -0.2) is 51.9 Å². The first-order valence-electron chi connectivity index (χ1n) is 8.91. The van der Waals surface area contributed by atoms with Gasteiger partial charge in [0.1, 0.15) is 18.0 Å². The van der Waals surface area contributed by atoms with Gasteiger partial charge in [-0.1, -0.05) is 0 Å². The molecule has 0 atom stereocenters. The van der Waals surface area contributed by atoms with E-state index in [1.807, 2.05) is 6.07 Å². The number of nitrogens with zero attached hydrogens (tertiary/aromatic N) is 4. The summed E-state index contributed by atoms with van der Waals surface area (Å²) in [6, 6.07) is 10.9. The molecular weight excluding hydrogens is 361 g/mol. The van der Waals surface area contributed by atoms with Gasteiger partial charge in [0, 0.05) is 50.1 Å². The van der Waals surface area contributed by atoms with E-state index in [0.29, 0.717) is 31.7 Å². The van der Waals surface area contributed by atoms with Crippen LogP contribution < -0.4 is 10.5 Å². The van der Waals surface area contributed by atoms with Crippen LogP contribution in [0, 0.1) is 5.82 Å². The smallest absolute Gasteiger partial charge is 0.255 e. The number of aromatic amines is 1. The highest BCUT2D eigenvalue weighted by atomic mass is 19.1. The third kappa shape index (κ3) is 3.75. The van der Waals surface area contributed by atoms with Crippen LogP contribution in [-0.2, 0) is 0 Å². The van der Waals surface area contributed by atoms with E-state index >= 15 is 0 Å². The second kappa shape index (κ2) is 7.59. The van der Waals surface area contributed by atoms with Gasteiger partial charge in [-0.3, -0.25) is 9.59 Å². The maximum Gasteiger partial charge on any atom is 0.255 e. The van der Waals surface area contributed by atoms with Crippen molar-refractivity contribution in [1.29, 1.82) is 0 Å². The predicted octanol–water partition coefficient (Wildman–Crippen LogP) is 1.93. The first-order chi connectivity index (χ1) is 13.6. The summed E-state index contributed by atoms with van der Waals surface area (Å²) >= 11 is 0. The molecule has 0 spiro atoms. The summed E-state index contributed by atoms with van der Waals surface area (Å²) < 4.78 is 13.1. The molecule has 8 heteroatoms. The van der Waals surface area contributed by atoms with Gasteiger partial charge in [0.05, 0.1) is 11.3 Å². The number of amides is 1. The van der Waals surface area contributed by atoms with E-state index < -0.39 is 0 Å². The van der Waals surface area contributed by atoms with Crippen molar-refractivity contribution in [3.63, 3.8) is 0 Å². The van der Waals surface area contributed by atoms with E-state index in [4.69, 9.17) is 0 Å². The zero-order valence-corrected chi connectivity index (χ0v) is 15.0. The number of carbonyl (C=O) groups excluding carboxylic acids is 1. The molecule has 0 aliphatic carbocycles. The number of nitrogens with one attached hydrogen (secondary N) is 1. The number of carbonyl (C=O) groups is 1. The van der Waals surface area contributed by atoms with Crippen molar-refractivity contribution >= 4 is 11.7 Å². The summed E-state index contributed by atoms with van der Waals surface area (Å²) in [6.45, 7) is 2.37. The fraction of sp³-hybridized carbons (Fsp3) is 0.200. The standard InChI is InChI=1S/C20H18FN5O2/c21-16-4-1-14(2-5-16)17-11-18(24-13-23-17)25-7-9-26(10-8-25)20(28)15-3-6-19(27)22-12-15/h1-6,11-13H,7-10H2,(H,22,27). The number of aromatic nitrogens is 3. The van der Waals surface area contributed by atoms with Crippen LogP contribution in [0.15, 0.2) is 59.8 Å². The van der Waals surface area contributed by atoms with Gasteiger partial charge in [-0.2, -0.15) is 0 Å². The number of anilines is 1. The topological polar surface area (TPSA) is 82.2 Å². The van der Waals surface area contributed by atoms with Crippen LogP contribution in [0.3, 0.4) is 0 Å². The van der Waals surface area contributed by atoms with Gasteiger partial charge in [-0.25, -0.2) is 14.4 Å². The second-order valence-corrected chi connectivity index (χ2v) is 6.49. The number of hydrogen-bond acceptors (Lipinski definition) is 5. The van der Waals surface area contributed by atoms with Crippen molar-refractivity contribution in [2.24, 2.45) is 0 Å². The van der Waals surface area contributed by atoms with Gasteiger partial charge in [0.2, 0.25) is 5.56 Å². The molecule has 1 amide bonds. The molecule has 1 N–H and O–H groups in total. The van der Waals surface area contributed by atoms with E-state index in [2.05, 4.69) is 19.9 Å². The number of pyridine rings is 1. The van der Waals surface area contributed by atoms with Crippen molar-refractivity contribution < 1.29 is 9.18 Å². The molecule has 1 saturated heterocycles. The van der Waals surface area contributed by atoms with Gasteiger partial charge >= 0.3 is 0 Å². The lowest BCUT2D eigenvalue weighted by Gasteiger charge is -2.35. The Hall–Kier alpha value is -3.55. The average Bonchev–Trinajstić information content (AvgIpc) is 2.74. The second-order valence-electron chi connectivity index (χ2n) is 6.49. The van der Waals surface area contributed by atoms with Crippen LogP contribution in [0.25, 0.3) is 11.3 Å². The van der Waals surface area contributed by atoms with Gasteiger partial charge in [0.15, 0.2) is 0 Å². The molecule has 1 aromatic carbocycles. The molecule has 1 fully saturated rings. The number of piperazine rings is 1. The molecule has 2 aromatic heterocycles. The van der Waals surface area contributed by atoms with Crippen LogP contribution in [0.2, 0.25) is 0 Å². The summed E-state index contributed by atoms with van der Waals surface area (Å²) in [5, 5.41) is 0. The Labute approximate surface area is 160 Å². The summed E-state index contributed by atoms with van der Waals surface area (Å²) in [5.41, 5.74) is 1.77. The normalized spacial score (nSPS) is 14.2. The predicted molar refractivity (Wildman–Crippen MR) is 103 cm³/mol. The van der Waals surface area contributed by atoms with E-state index in [9.17, 15) is 14.0 Å². The molecule has 28 heavy (non-hydrogen) atoms. The molecule has 0 unspecified atom stereocenters. The van der Waals surface area contributed by atoms with Gasteiger partial charge in [-0.05, 0) is 30.3 Å². The monoisotopic (exact) mass is 379 g/mol. The molecule has 1 aliphatic rings. The molecule has 7 nitrogen and oxygen atoms in total. The molecule has 0 radical (unpaired) electrons. The van der Waals surface area contributed by atoms with Crippen molar-refractivity contribution in [2.45, 2.75) is 0 Å². The lowest BCUT2D eigenvalue weighted by Crippen LogP contribution is -2.49. The van der Waals surface area contributed by atoms with Crippen LogP contribution >= 0.6 is 0 Å². The first-order valence-corrected chi connectivity index (χ1v) is 8.91. The van der Waals surface area contributed by atoms with Gasteiger partial charge in [0.25, 0.3) is 5.91 Å². The van der Waals surface area contributed by atoms with Crippen molar-refractivity contribution in [1.82, 2.24) is 19.9 Å². The van der Waals surface area contributed by atoms with Crippen LogP contribution in [0.4, 0.5) is 10.2 Å². The van der Waals surface area contributed by atoms with Crippen molar-refractivity contribution in [2.75, 3.05) is 31.1 Å². The van der Waals surface area contributed by atoms with Crippen molar-refractivity contribution in [3.05, 3.63) is 76.7 Å². The summed E-state index contributed by atoms with van der Waals surface area (Å²) in [4.78, 5) is 38.7. The molecule has 1 aliphatic heterocycles. The van der Waals surface area contributed by atoms with Gasteiger partial charge < -0.3 is 14.8 Å². The molecule has 0 bridgehead atoms. The van der Waals surface area contributed by atoms with Crippen LogP contribution in [0.5, 0.6) is 0 Å². The lowest BCUT2D eigenvalue weighted by atomic mass is 10.1. The van der Waals surface area contributed by atoms with Crippen molar-refractivity contribution in [3.8, 4) is 11.3 Å². The largest absolute Gasteiger partial charge is 0.353 e. The van der Waals surface area contributed by atoms with E-state index in [-0.39, 0.29) is 17.3 Å². The number of H-pyrrole nitrogens is 1. The zero-order valence-electron chi connectivity index (χ0n) is 15.0. The van der Waals surface area contributed by atoms with E-state index in [0.717, 1.165) is 17.1 Å². The zero-order chi connectivity index (χ0) is 19.5. The molecule has 4 rings (SSSR count).